The number of likely N-dealkylation sites (N-methyl/N-ethyl adjacent to an activating group) is 1. The van der Waals surface area contributed by atoms with Crippen LogP contribution in [0.25, 0.3) is 27.7 Å². The number of aromatic nitrogens is 4. The Labute approximate surface area is 224 Å². The van der Waals surface area contributed by atoms with Gasteiger partial charge in [-0.2, -0.15) is 15.1 Å². The Bertz CT molecular complexity index is 1530. The Hall–Kier alpha value is -3.21. The van der Waals surface area contributed by atoms with Crippen molar-refractivity contribution >= 4 is 39.7 Å². The number of hydrogen-bond donors (Lipinski definition) is 2. The molecule has 198 valence electrons. The van der Waals surface area contributed by atoms with Crippen LogP contribution in [0, 0.1) is 5.82 Å². The molecule has 3 N–H and O–H groups in total. The fourth-order valence-corrected chi connectivity index (χ4v) is 6.54. The molecular weight excluding hydrogens is 507 g/mol. The molecule has 9 nitrogen and oxygen atoms in total. The van der Waals surface area contributed by atoms with Crippen molar-refractivity contribution in [2.24, 2.45) is 0 Å². The lowest BCUT2D eigenvalue weighted by Crippen LogP contribution is -2.51. The van der Waals surface area contributed by atoms with Crippen LogP contribution in [0.2, 0.25) is 5.02 Å². The van der Waals surface area contributed by atoms with Crippen LogP contribution < -0.4 is 20.7 Å². The van der Waals surface area contributed by atoms with Crippen molar-refractivity contribution in [2.75, 3.05) is 43.9 Å². The van der Waals surface area contributed by atoms with E-state index in [1.165, 1.54) is 0 Å². The average molecular weight is 537 g/mol. The minimum absolute atomic E-state index is 0.187. The Morgan fingerprint density at radius 3 is 2.74 bits per heavy atom. The number of nitrogen functional groups attached to an aromatic ring is 1. The van der Waals surface area contributed by atoms with Gasteiger partial charge in [-0.15, -0.1) is 0 Å². The predicted octanol–water partition coefficient (Wildman–Crippen LogP) is 3.73. The van der Waals surface area contributed by atoms with Crippen LogP contribution in [0.1, 0.15) is 25.7 Å². The number of nitrogens with one attached hydrogen (secondary N) is 1. The van der Waals surface area contributed by atoms with E-state index in [4.69, 9.17) is 27.1 Å². The first-order valence-corrected chi connectivity index (χ1v) is 13.6. The highest BCUT2D eigenvalue weighted by atomic mass is 35.5. The number of fused-ring (bicyclic) bond motifs is 4. The second-order valence-corrected chi connectivity index (χ2v) is 11.1. The highest BCUT2D eigenvalue weighted by molar-refractivity contribution is 6.34. The summed E-state index contributed by atoms with van der Waals surface area (Å²) in [6, 6.07) is 10.2. The van der Waals surface area contributed by atoms with Gasteiger partial charge in [0.2, 0.25) is 0 Å². The van der Waals surface area contributed by atoms with E-state index in [0.717, 1.165) is 50.8 Å². The molecule has 3 aromatic heterocycles. The van der Waals surface area contributed by atoms with Crippen LogP contribution in [0.3, 0.4) is 0 Å². The maximum absolute atomic E-state index is 16.5. The average Bonchev–Trinajstić information content (AvgIpc) is 3.59. The minimum Gasteiger partial charge on any atom is -0.462 e. The SMILES string of the molecule is CN1CCC[C@H]1COc1nc(N2CC3CCC(C2)N3)c2cc(Cl)c(-c3cccc4cc(N)nn34)c(F)c2n1. The molecule has 4 aromatic rings. The molecule has 3 saturated heterocycles. The Kier molecular flexibility index (Phi) is 5.79. The second-order valence-electron chi connectivity index (χ2n) is 10.7. The predicted molar refractivity (Wildman–Crippen MR) is 146 cm³/mol. The number of ether oxygens (including phenoxy) is 1. The first kappa shape index (κ1) is 23.9. The first-order valence-electron chi connectivity index (χ1n) is 13.2. The number of benzene rings is 1. The number of halogens is 2. The molecule has 0 radical (unpaired) electrons. The smallest absolute Gasteiger partial charge is 0.319 e. The molecule has 0 aliphatic carbocycles. The summed E-state index contributed by atoms with van der Waals surface area (Å²) in [5, 5.41) is 8.85. The maximum Gasteiger partial charge on any atom is 0.319 e. The first-order chi connectivity index (χ1) is 18.4. The number of hydrogen-bond acceptors (Lipinski definition) is 8. The van der Waals surface area contributed by atoms with E-state index in [1.54, 1.807) is 22.7 Å². The molecule has 0 spiro atoms. The molecular formula is C27H30ClFN8O. The van der Waals surface area contributed by atoms with Gasteiger partial charge in [0.25, 0.3) is 0 Å². The Balaban J connectivity index is 1.37. The highest BCUT2D eigenvalue weighted by Crippen LogP contribution is 2.40. The summed E-state index contributed by atoms with van der Waals surface area (Å²) >= 11 is 6.80. The van der Waals surface area contributed by atoms with Crippen LogP contribution in [0.5, 0.6) is 6.01 Å². The molecule has 3 aliphatic rings. The summed E-state index contributed by atoms with van der Waals surface area (Å²) < 4.78 is 24.2. The van der Waals surface area contributed by atoms with Gasteiger partial charge in [-0.25, -0.2) is 8.91 Å². The van der Waals surface area contributed by atoms with Crippen LogP contribution >= 0.6 is 11.6 Å². The van der Waals surface area contributed by atoms with Gasteiger partial charge in [0.05, 0.1) is 21.8 Å². The van der Waals surface area contributed by atoms with E-state index < -0.39 is 5.82 Å². The van der Waals surface area contributed by atoms with Crippen molar-refractivity contribution in [3.8, 4) is 17.3 Å². The molecule has 7 rings (SSSR count). The van der Waals surface area contributed by atoms with Crippen molar-refractivity contribution in [2.45, 2.75) is 43.8 Å². The Morgan fingerprint density at radius 2 is 1.97 bits per heavy atom. The van der Waals surface area contributed by atoms with Crippen molar-refractivity contribution in [3.05, 3.63) is 41.2 Å². The molecule has 3 aliphatic heterocycles. The van der Waals surface area contributed by atoms with Crippen molar-refractivity contribution in [1.29, 1.82) is 0 Å². The second kappa shape index (κ2) is 9.21. The standard InChI is InChI=1S/C27H30ClFN8O/c1-35-9-3-5-18(35)14-38-27-32-25-19(26(33-27)36-12-15-7-8-16(13-36)31-15)11-20(28)23(24(25)29)21-6-2-4-17-10-22(30)34-37(17)21/h2,4,6,10-11,15-16,18,31H,3,5,7-9,12-14H2,1H3,(H2,30,34)/t15?,16?,18-/m0/s1. The van der Waals surface area contributed by atoms with Crippen LogP contribution in [-0.4, -0.2) is 75.9 Å². The number of piperazine rings is 1. The van der Waals surface area contributed by atoms with E-state index in [2.05, 4.69) is 32.2 Å². The van der Waals surface area contributed by atoms with E-state index in [0.29, 0.717) is 47.4 Å². The molecule has 11 heteroatoms. The zero-order chi connectivity index (χ0) is 26.0. The quantitative estimate of drug-likeness (QED) is 0.398. The van der Waals surface area contributed by atoms with Gasteiger partial charge in [0.15, 0.2) is 5.82 Å². The summed E-state index contributed by atoms with van der Waals surface area (Å²) in [5.41, 5.74) is 7.60. The topological polar surface area (TPSA) is 96.8 Å². The lowest BCUT2D eigenvalue weighted by molar-refractivity contribution is 0.188. The molecule has 38 heavy (non-hydrogen) atoms. The fraction of sp³-hybridized carbons (Fsp3) is 0.444. The lowest BCUT2D eigenvalue weighted by Gasteiger charge is -2.34. The third-order valence-electron chi connectivity index (χ3n) is 8.20. The third kappa shape index (κ3) is 4.02. The zero-order valence-electron chi connectivity index (χ0n) is 21.2. The summed E-state index contributed by atoms with van der Waals surface area (Å²) in [7, 11) is 2.10. The lowest BCUT2D eigenvalue weighted by atomic mass is 10.1. The van der Waals surface area contributed by atoms with Crippen LogP contribution in [-0.2, 0) is 0 Å². The third-order valence-corrected chi connectivity index (χ3v) is 8.49. The highest BCUT2D eigenvalue weighted by Gasteiger charge is 2.34. The van der Waals surface area contributed by atoms with E-state index in [-0.39, 0.29) is 22.1 Å². The van der Waals surface area contributed by atoms with Gasteiger partial charge in [0.1, 0.15) is 23.8 Å². The summed E-state index contributed by atoms with van der Waals surface area (Å²) in [6.07, 6.45) is 4.44. The van der Waals surface area contributed by atoms with Crippen molar-refractivity contribution in [3.63, 3.8) is 0 Å². The number of nitrogens with zero attached hydrogens (tertiary/aromatic N) is 6. The van der Waals surface area contributed by atoms with Gasteiger partial charge in [-0.1, -0.05) is 17.7 Å². The number of nitrogens with two attached hydrogens (primary N) is 1. The zero-order valence-corrected chi connectivity index (χ0v) is 22.0. The normalized spacial score (nSPS) is 23.7. The largest absolute Gasteiger partial charge is 0.462 e. The molecule has 0 amide bonds. The summed E-state index contributed by atoms with van der Waals surface area (Å²) in [4.78, 5) is 13.9. The van der Waals surface area contributed by atoms with Gasteiger partial charge >= 0.3 is 6.01 Å². The number of pyridine rings is 1. The Morgan fingerprint density at radius 1 is 1.16 bits per heavy atom. The van der Waals surface area contributed by atoms with Gasteiger partial charge < -0.3 is 25.6 Å². The minimum atomic E-state index is -0.529. The van der Waals surface area contributed by atoms with Gasteiger partial charge in [-0.3, -0.25) is 0 Å². The van der Waals surface area contributed by atoms with E-state index in [9.17, 15) is 0 Å². The van der Waals surface area contributed by atoms with E-state index in [1.807, 2.05) is 12.1 Å². The molecule has 1 aromatic carbocycles. The molecule has 0 saturated carbocycles. The molecule has 3 fully saturated rings. The monoisotopic (exact) mass is 536 g/mol. The molecule has 6 heterocycles. The molecule has 3 atom stereocenters. The number of rotatable bonds is 5. The van der Waals surface area contributed by atoms with Crippen molar-refractivity contribution in [1.82, 2.24) is 29.8 Å². The fourth-order valence-electron chi connectivity index (χ4n) is 6.25. The van der Waals surface area contributed by atoms with E-state index >= 15 is 4.39 Å². The molecule has 2 unspecified atom stereocenters. The van der Waals surface area contributed by atoms with Crippen molar-refractivity contribution < 1.29 is 9.13 Å². The van der Waals surface area contributed by atoms with Crippen LogP contribution in [0.4, 0.5) is 16.0 Å². The summed E-state index contributed by atoms with van der Waals surface area (Å²) in [5.74, 6) is 0.482. The molecule has 2 bridgehead atoms. The van der Waals surface area contributed by atoms with Crippen LogP contribution in [0.15, 0.2) is 30.3 Å². The maximum atomic E-state index is 16.5. The summed E-state index contributed by atoms with van der Waals surface area (Å²) in [6.45, 7) is 3.09. The van der Waals surface area contributed by atoms with Gasteiger partial charge in [0, 0.05) is 42.7 Å². The van der Waals surface area contributed by atoms with Gasteiger partial charge in [-0.05, 0) is 57.5 Å². The number of likely N-dealkylation sites (tertiary alicyclic amines) is 1. The number of anilines is 2.